The molecule has 0 bridgehead atoms. The zero-order valence-electron chi connectivity index (χ0n) is 20.6. The highest BCUT2D eigenvalue weighted by Gasteiger charge is 2.35. The molecule has 12 heteroatoms. The number of nitrogens with one attached hydrogen (secondary N) is 2. The number of likely N-dealkylation sites (N-methyl/N-ethyl adjacent to an activating group) is 1. The minimum Gasteiger partial charge on any atom is -0.486 e. The van der Waals surface area contributed by atoms with E-state index in [0.29, 0.717) is 5.69 Å². The quantitative estimate of drug-likeness (QED) is 0.513. The van der Waals surface area contributed by atoms with E-state index in [1.165, 1.54) is 36.2 Å². The van der Waals surface area contributed by atoms with Gasteiger partial charge in [0.1, 0.15) is 11.9 Å². The Labute approximate surface area is 210 Å². The Morgan fingerprint density at radius 2 is 1.92 bits per heavy atom. The van der Waals surface area contributed by atoms with Crippen molar-refractivity contribution in [1.82, 2.24) is 9.21 Å². The number of carbonyl (C=O) groups excluding carboxylic acids is 2. The number of amides is 3. The van der Waals surface area contributed by atoms with Crippen molar-refractivity contribution in [2.75, 3.05) is 43.6 Å². The van der Waals surface area contributed by atoms with Crippen LogP contribution in [0.1, 0.15) is 24.2 Å². The Morgan fingerprint density at radius 3 is 2.53 bits per heavy atom. The molecule has 0 radical (unpaired) electrons. The summed E-state index contributed by atoms with van der Waals surface area (Å²) < 4.78 is 44.7. The largest absolute Gasteiger partial charge is 0.486 e. The van der Waals surface area contributed by atoms with Crippen LogP contribution in [0.2, 0.25) is 0 Å². The number of para-hydroxylation sites is 1. The summed E-state index contributed by atoms with van der Waals surface area (Å²) >= 11 is 0. The lowest BCUT2D eigenvalue weighted by Crippen LogP contribution is -2.50. The summed E-state index contributed by atoms with van der Waals surface area (Å²) in [4.78, 5) is 27.6. The van der Waals surface area contributed by atoms with Crippen molar-refractivity contribution >= 4 is 33.3 Å². The van der Waals surface area contributed by atoms with E-state index in [4.69, 9.17) is 4.74 Å². The van der Waals surface area contributed by atoms with E-state index in [0.717, 1.165) is 10.6 Å². The molecule has 0 unspecified atom stereocenters. The molecule has 0 saturated carbocycles. The number of rotatable bonds is 7. The van der Waals surface area contributed by atoms with Gasteiger partial charge in [-0.3, -0.25) is 4.79 Å². The van der Waals surface area contributed by atoms with Gasteiger partial charge >= 0.3 is 6.03 Å². The van der Waals surface area contributed by atoms with E-state index in [1.807, 2.05) is 6.92 Å². The predicted octanol–water partition coefficient (Wildman–Crippen LogP) is 2.58. The number of hydrogen-bond acceptors (Lipinski definition) is 6. The zero-order chi connectivity index (χ0) is 26.6. The fourth-order valence-corrected chi connectivity index (χ4v) is 4.18. The molecule has 36 heavy (non-hydrogen) atoms. The van der Waals surface area contributed by atoms with Gasteiger partial charge in [0.2, 0.25) is 10.0 Å². The topological polar surface area (TPSA) is 128 Å². The van der Waals surface area contributed by atoms with Gasteiger partial charge in [0.05, 0.1) is 36.7 Å². The fraction of sp³-hybridized carbons (Fsp3) is 0.417. The molecule has 0 aliphatic carbocycles. The molecular formula is C24H31FN4O6S. The number of carbonyl (C=O) groups is 2. The van der Waals surface area contributed by atoms with Crippen LogP contribution in [0.4, 0.5) is 20.6 Å². The summed E-state index contributed by atoms with van der Waals surface area (Å²) in [7, 11) is -2.07. The van der Waals surface area contributed by atoms with Gasteiger partial charge in [-0.1, -0.05) is 13.0 Å². The number of aliphatic hydroxyl groups excluding tert-OH is 1. The summed E-state index contributed by atoms with van der Waals surface area (Å²) in [6.07, 6.45) is 0.415. The first-order chi connectivity index (χ1) is 16.9. The Balaban J connectivity index is 1.99. The van der Waals surface area contributed by atoms with Gasteiger partial charge in [-0.2, -0.15) is 0 Å². The number of anilines is 2. The van der Waals surface area contributed by atoms with Crippen molar-refractivity contribution in [3.8, 4) is 5.75 Å². The average molecular weight is 523 g/mol. The smallest absolute Gasteiger partial charge is 0.323 e. The van der Waals surface area contributed by atoms with Gasteiger partial charge in [-0.25, -0.2) is 21.9 Å². The molecule has 1 heterocycles. The van der Waals surface area contributed by atoms with E-state index in [1.54, 1.807) is 25.1 Å². The average Bonchev–Trinajstić information content (AvgIpc) is 2.82. The SMILES string of the molecule is C[C@H](CO)N1C[C@H](C)[C@@H](CN(C)S(C)(=O)=O)Oc2c(NC(=O)Nc3ccc(F)cc3)cccc2C1=O. The second-order valence-corrected chi connectivity index (χ2v) is 11.0. The molecule has 3 atom stereocenters. The van der Waals surface area contributed by atoms with Crippen LogP contribution in [0.15, 0.2) is 42.5 Å². The van der Waals surface area contributed by atoms with Crippen molar-refractivity contribution in [1.29, 1.82) is 0 Å². The number of aliphatic hydroxyl groups is 1. The molecule has 2 aromatic rings. The number of benzene rings is 2. The lowest BCUT2D eigenvalue weighted by Gasteiger charge is -2.38. The van der Waals surface area contributed by atoms with Crippen LogP contribution in [0, 0.1) is 11.7 Å². The lowest BCUT2D eigenvalue weighted by atomic mass is 9.99. The summed E-state index contributed by atoms with van der Waals surface area (Å²) in [5.74, 6) is -1.07. The number of fused-ring (bicyclic) bond motifs is 1. The summed E-state index contributed by atoms with van der Waals surface area (Å²) in [5, 5.41) is 15.0. The highest BCUT2D eigenvalue weighted by Crippen LogP contribution is 2.35. The predicted molar refractivity (Wildman–Crippen MR) is 134 cm³/mol. The van der Waals surface area contributed by atoms with Gasteiger partial charge in [-0.15, -0.1) is 0 Å². The number of ether oxygens (including phenoxy) is 1. The van der Waals surface area contributed by atoms with Gasteiger partial charge < -0.3 is 25.4 Å². The highest BCUT2D eigenvalue weighted by atomic mass is 32.2. The van der Waals surface area contributed by atoms with Crippen LogP contribution in [-0.2, 0) is 10.0 Å². The van der Waals surface area contributed by atoms with Crippen molar-refractivity contribution in [3.63, 3.8) is 0 Å². The highest BCUT2D eigenvalue weighted by molar-refractivity contribution is 7.88. The third-order valence-electron chi connectivity index (χ3n) is 6.04. The summed E-state index contributed by atoms with van der Waals surface area (Å²) in [6.45, 7) is 3.51. The van der Waals surface area contributed by atoms with Gasteiger partial charge in [0.15, 0.2) is 5.75 Å². The van der Waals surface area contributed by atoms with E-state index in [2.05, 4.69) is 10.6 Å². The van der Waals surface area contributed by atoms with Gasteiger partial charge in [0, 0.05) is 25.2 Å². The molecular weight excluding hydrogens is 491 g/mol. The van der Waals surface area contributed by atoms with Crippen molar-refractivity contribution < 1.29 is 32.2 Å². The fourth-order valence-electron chi connectivity index (χ4n) is 3.77. The van der Waals surface area contributed by atoms with Gasteiger partial charge in [0.25, 0.3) is 5.91 Å². The van der Waals surface area contributed by atoms with Crippen molar-refractivity contribution in [3.05, 3.63) is 53.8 Å². The maximum atomic E-state index is 13.4. The minimum atomic E-state index is -3.51. The number of halogens is 1. The number of hydrogen-bond donors (Lipinski definition) is 3. The molecule has 1 aliphatic heterocycles. The molecule has 3 rings (SSSR count). The molecule has 3 amide bonds. The third kappa shape index (κ3) is 6.50. The molecule has 0 aromatic heterocycles. The number of sulfonamides is 1. The second kappa shape index (κ2) is 11.2. The number of urea groups is 1. The number of nitrogens with zero attached hydrogens (tertiary/aromatic N) is 2. The van der Waals surface area contributed by atoms with Crippen LogP contribution in [0.3, 0.4) is 0 Å². The summed E-state index contributed by atoms with van der Waals surface area (Å²) in [5.41, 5.74) is 0.709. The van der Waals surface area contributed by atoms with Crippen molar-refractivity contribution in [2.45, 2.75) is 26.0 Å². The molecule has 0 spiro atoms. The molecule has 0 saturated heterocycles. The van der Waals surface area contributed by atoms with Crippen molar-refractivity contribution in [2.24, 2.45) is 5.92 Å². The van der Waals surface area contributed by atoms with Crippen LogP contribution in [0.5, 0.6) is 5.75 Å². The Hall–Kier alpha value is -3.22. The molecule has 3 N–H and O–H groups in total. The first-order valence-electron chi connectivity index (χ1n) is 11.4. The Kier molecular flexibility index (Phi) is 8.54. The normalized spacial score (nSPS) is 19.1. The molecule has 2 aromatic carbocycles. The first-order valence-corrected chi connectivity index (χ1v) is 13.2. The maximum absolute atomic E-state index is 13.4. The van der Waals surface area contributed by atoms with Crippen LogP contribution < -0.4 is 15.4 Å². The molecule has 0 fully saturated rings. The molecule has 1 aliphatic rings. The molecule has 10 nitrogen and oxygen atoms in total. The van der Waals surface area contributed by atoms with Crippen LogP contribution >= 0.6 is 0 Å². The Morgan fingerprint density at radius 1 is 1.25 bits per heavy atom. The van der Waals surface area contributed by atoms with E-state index < -0.39 is 39.9 Å². The molecule has 196 valence electrons. The van der Waals surface area contributed by atoms with E-state index >= 15 is 0 Å². The monoisotopic (exact) mass is 522 g/mol. The van der Waals surface area contributed by atoms with Gasteiger partial charge in [-0.05, 0) is 43.3 Å². The summed E-state index contributed by atoms with van der Waals surface area (Å²) in [6, 6.07) is 8.75. The van der Waals surface area contributed by atoms with Crippen LogP contribution in [-0.4, -0.2) is 79.8 Å². The van der Waals surface area contributed by atoms with E-state index in [9.17, 15) is 27.5 Å². The third-order valence-corrected chi connectivity index (χ3v) is 7.33. The first kappa shape index (κ1) is 27.4. The van der Waals surface area contributed by atoms with E-state index in [-0.39, 0.29) is 42.6 Å². The minimum absolute atomic E-state index is 0.00505. The Bertz CT molecular complexity index is 1210. The maximum Gasteiger partial charge on any atom is 0.323 e. The second-order valence-electron chi connectivity index (χ2n) is 8.93. The zero-order valence-corrected chi connectivity index (χ0v) is 21.4. The standard InChI is InChI=1S/C24H31FN4O6S/c1-15-12-29(16(2)14-30)23(31)19-6-5-7-20(22(19)35-21(15)13-28(3)36(4,33)34)27-24(32)26-18-10-8-17(25)9-11-18/h5-11,15-16,21,30H,12-14H2,1-4H3,(H2,26,27,32)/t15-,16+,21+/m0/s1. The lowest BCUT2D eigenvalue weighted by molar-refractivity contribution is 0.0389. The van der Waals surface area contributed by atoms with Crippen LogP contribution in [0.25, 0.3) is 0 Å².